The summed E-state index contributed by atoms with van der Waals surface area (Å²) in [6.45, 7) is 1.18. The molecule has 0 fully saturated rings. The molecule has 3 nitrogen and oxygen atoms in total. The van der Waals surface area contributed by atoms with Crippen molar-refractivity contribution in [3.63, 3.8) is 0 Å². The molecule has 1 aliphatic rings. The lowest BCUT2D eigenvalue weighted by molar-refractivity contribution is 0.171. The number of benzene rings is 1. The Morgan fingerprint density at radius 3 is 2.50 bits per heavy atom. The summed E-state index contributed by atoms with van der Waals surface area (Å²) in [4.78, 5) is 0. The lowest BCUT2D eigenvalue weighted by Crippen LogP contribution is -2.17. The van der Waals surface area contributed by atoms with E-state index in [9.17, 15) is 0 Å². The van der Waals surface area contributed by atoms with Gasteiger partial charge in [0.2, 0.25) is 0 Å². The molecular formula is C8H8INO2. The summed E-state index contributed by atoms with van der Waals surface area (Å²) in [7, 11) is 0. The standard InChI is InChI=1S/C8H8INO2/c9-5-1-2-6(10)8-7(5)11-3-4-12-8/h1-2H,3-4,10H2. The van der Waals surface area contributed by atoms with E-state index in [0.29, 0.717) is 24.7 Å². The Balaban J connectivity index is 2.57. The first kappa shape index (κ1) is 7.97. The Bertz CT molecular complexity index is 283. The molecule has 0 atom stereocenters. The predicted octanol–water partition coefficient (Wildman–Crippen LogP) is 1.64. The number of hydrogen-bond donors (Lipinski definition) is 1. The molecule has 0 aliphatic carbocycles. The van der Waals surface area contributed by atoms with E-state index >= 15 is 0 Å². The van der Waals surface area contributed by atoms with Crippen LogP contribution in [0.4, 0.5) is 5.69 Å². The third-order valence-electron chi connectivity index (χ3n) is 1.67. The largest absolute Gasteiger partial charge is 0.485 e. The fraction of sp³-hybridized carbons (Fsp3) is 0.250. The van der Waals surface area contributed by atoms with Crippen LogP contribution in [0.1, 0.15) is 0 Å². The van der Waals surface area contributed by atoms with E-state index in [-0.39, 0.29) is 0 Å². The summed E-state index contributed by atoms with van der Waals surface area (Å²) in [5.41, 5.74) is 6.35. The molecule has 0 bridgehead atoms. The smallest absolute Gasteiger partial charge is 0.185 e. The molecule has 4 heteroatoms. The number of halogens is 1. The van der Waals surface area contributed by atoms with Crippen molar-refractivity contribution in [1.82, 2.24) is 0 Å². The molecule has 1 heterocycles. The van der Waals surface area contributed by atoms with Gasteiger partial charge in [0, 0.05) is 0 Å². The van der Waals surface area contributed by atoms with Gasteiger partial charge in [-0.3, -0.25) is 0 Å². The molecule has 0 saturated heterocycles. The van der Waals surface area contributed by atoms with Gasteiger partial charge in [0.1, 0.15) is 13.2 Å². The minimum atomic E-state index is 0.581. The van der Waals surface area contributed by atoms with Gasteiger partial charge in [-0.2, -0.15) is 0 Å². The van der Waals surface area contributed by atoms with Crippen molar-refractivity contribution >= 4 is 28.3 Å². The summed E-state index contributed by atoms with van der Waals surface area (Å²) in [6, 6.07) is 3.75. The first-order valence-corrected chi connectivity index (χ1v) is 4.70. The quantitative estimate of drug-likeness (QED) is 0.579. The monoisotopic (exact) mass is 277 g/mol. The van der Waals surface area contributed by atoms with Crippen molar-refractivity contribution < 1.29 is 9.47 Å². The predicted molar refractivity (Wildman–Crippen MR) is 54.6 cm³/mol. The van der Waals surface area contributed by atoms with Crippen LogP contribution in [0, 0.1) is 3.57 Å². The van der Waals surface area contributed by atoms with Gasteiger partial charge < -0.3 is 15.2 Å². The zero-order valence-corrected chi connectivity index (χ0v) is 8.50. The molecule has 0 aromatic heterocycles. The molecule has 0 saturated carbocycles. The van der Waals surface area contributed by atoms with Gasteiger partial charge in [-0.25, -0.2) is 0 Å². The van der Waals surface area contributed by atoms with Crippen LogP contribution >= 0.6 is 22.6 Å². The highest BCUT2D eigenvalue weighted by Gasteiger charge is 2.16. The Labute approximate surface area is 84.0 Å². The second-order valence-electron chi connectivity index (χ2n) is 2.49. The van der Waals surface area contributed by atoms with Crippen LogP contribution in [0.2, 0.25) is 0 Å². The van der Waals surface area contributed by atoms with Crippen LogP contribution in [0.25, 0.3) is 0 Å². The van der Waals surface area contributed by atoms with Crippen molar-refractivity contribution in [3.8, 4) is 11.5 Å². The Hall–Kier alpha value is -0.650. The summed E-state index contributed by atoms with van der Waals surface area (Å²) in [6.07, 6.45) is 0. The first-order valence-electron chi connectivity index (χ1n) is 3.62. The molecule has 0 amide bonds. The Kier molecular flexibility index (Phi) is 2.00. The zero-order valence-electron chi connectivity index (χ0n) is 6.34. The molecule has 0 spiro atoms. The highest BCUT2D eigenvalue weighted by atomic mass is 127. The summed E-state index contributed by atoms with van der Waals surface area (Å²) in [5, 5.41) is 0. The number of nitrogen functional groups attached to an aromatic ring is 1. The zero-order chi connectivity index (χ0) is 8.55. The Morgan fingerprint density at radius 2 is 1.83 bits per heavy atom. The van der Waals surface area contributed by atoms with E-state index in [4.69, 9.17) is 15.2 Å². The number of nitrogens with two attached hydrogens (primary N) is 1. The van der Waals surface area contributed by atoms with E-state index in [1.807, 2.05) is 12.1 Å². The molecular weight excluding hydrogens is 269 g/mol. The van der Waals surface area contributed by atoms with Crippen LogP contribution in [0.15, 0.2) is 12.1 Å². The van der Waals surface area contributed by atoms with E-state index in [1.54, 1.807) is 0 Å². The normalized spacial score (nSPS) is 14.4. The molecule has 2 rings (SSSR count). The number of anilines is 1. The van der Waals surface area contributed by atoms with Gasteiger partial charge in [0.25, 0.3) is 0 Å². The van der Waals surface area contributed by atoms with Gasteiger partial charge in [0.05, 0.1) is 9.26 Å². The van der Waals surface area contributed by atoms with Crippen molar-refractivity contribution in [2.45, 2.75) is 0 Å². The molecule has 0 unspecified atom stereocenters. The molecule has 64 valence electrons. The molecule has 1 aliphatic heterocycles. The summed E-state index contributed by atoms with van der Waals surface area (Å²) >= 11 is 2.20. The van der Waals surface area contributed by atoms with E-state index in [0.717, 1.165) is 9.32 Å². The second-order valence-corrected chi connectivity index (χ2v) is 3.65. The van der Waals surface area contributed by atoms with Crippen LogP contribution < -0.4 is 15.2 Å². The molecule has 1 aromatic carbocycles. The van der Waals surface area contributed by atoms with Crippen LogP contribution in [-0.4, -0.2) is 13.2 Å². The second kappa shape index (κ2) is 3.01. The summed E-state index contributed by atoms with van der Waals surface area (Å²) in [5.74, 6) is 1.47. The summed E-state index contributed by atoms with van der Waals surface area (Å²) < 4.78 is 11.8. The maximum Gasteiger partial charge on any atom is 0.185 e. The van der Waals surface area contributed by atoms with Gasteiger partial charge in [-0.05, 0) is 34.7 Å². The van der Waals surface area contributed by atoms with E-state index in [1.165, 1.54) is 0 Å². The van der Waals surface area contributed by atoms with Gasteiger partial charge in [0.15, 0.2) is 11.5 Å². The fourth-order valence-electron chi connectivity index (χ4n) is 1.12. The minimum absolute atomic E-state index is 0.581. The number of hydrogen-bond acceptors (Lipinski definition) is 3. The number of fused-ring (bicyclic) bond motifs is 1. The van der Waals surface area contributed by atoms with Crippen LogP contribution in [0.5, 0.6) is 11.5 Å². The Morgan fingerprint density at radius 1 is 1.17 bits per heavy atom. The minimum Gasteiger partial charge on any atom is -0.485 e. The van der Waals surface area contributed by atoms with Gasteiger partial charge >= 0.3 is 0 Å². The van der Waals surface area contributed by atoms with Crippen molar-refractivity contribution in [1.29, 1.82) is 0 Å². The SMILES string of the molecule is Nc1ccc(I)c2c1OCCO2. The van der Waals surface area contributed by atoms with Crippen molar-refractivity contribution in [3.05, 3.63) is 15.7 Å². The third kappa shape index (κ3) is 1.20. The molecule has 0 radical (unpaired) electrons. The maximum absolute atomic E-state index is 5.70. The highest BCUT2D eigenvalue weighted by Crippen LogP contribution is 2.39. The van der Waals surface area contributed by atoms with Gasteiger partial charge in [-0.1, -0.05) is 0 Å². The van der Waals surface area contributed by atoms with Gasteiger partial charge in [-0.15, -0.1) is 0 Å². The molecule has 2 N–H and O–H groups in total. The lowest BCUT2D eigenvalue weighted by atomic mass is 10.2. The van der Waals surface area contributed by atoms with Crippen molar-refractivity contribution in [2.75, 3.05) is 18.9 Å². The first-order chi connectivity index (χ1) is 5.79. The number of rotatable bonds is 0. The maximum atomic E-state index is 5.70. The highest BCUT2D eigenvalue weighted by molar-refractivity contribution is 14.1. The molecule has 1 aromatic rings. The third-order valence-corrected chi connectivity index (χ3v) is 2.52. The topological polar surface area (TPSA) is 44.5 Å². The lowest BCUT2D eigenvalue weighted by Gasteiger charge is -2.20. The van der Waals surface area contributed by atoms with E-state index in [2.05, 4.69) is 22.6 Å². The average Bonchev–Trinajstić information content (AvgIpc) is 2.12. The van der Waals surface area contributed by atoms with Crippen LogP contribution in [0.3, 0.4) is 0 Å². The van der Waals surface area contributed by atoms with Crippen molar-refractivity contribution in [2.24, 2.45) is 0 Å². The number of ether oxygens (including phenoxy) is 2. The average molecular weight is 277 g/mol. The van der Waals surface area contributed by atoms with E-state index < -0.39 is 0 Å². The molecule has 12 heavy (non-hydrogen) atoms. The van der Waals surface area contributed by atoms with Crippen LogP contribution in [-0.2, 0) is 0 Å². The fourth-order valence-corrected chi connectivity index (χ4v) is 1.71.